The molecule has 1 N–H and O–H groups in total. The highest BCUT2D eigenvalue weighted by Gasteiger charge is 2.25. The fraction of sp³-hybridized carbons (Fsp3) is 0.538. The van der Waals surface area contributed by atoms with Crippen LogP contribution in [0.15, 0.2) is 24.3 Å². The Bertz CT molecular complexity index is 338. The highest BCUT2D eigenvalue weighted by Crippen LogP contribution is 2.26. The lowest BCUT2D eigenvalue weighted by Gasteiger charge is -2.31. The minimum atomic E-state index is 0.259. The summed E-state index contributed by atoms with van der Waals surface area (Å²) < 4.78 is 5.86. The largest absolute Gasteiger partial charge is 0.375 e. The molecule has 1 aromatic rings. The summed E-state index contributed by atoms with van der Waals surface area (Å²) in [6.07, 6.45) is 0.259. The summed E-state index contributed by atoms with van der Waals surface area (Å²) >= 11 is 7.89. The molecule has 4 heteroatoms. The molecule has 0 saturated carbocycles. The van der Waals surface area contributed by atoms with Gasteiger partial charge in [-0.2, -0.15) is 11.8 Å². The van der Waals surface area contributed by atoms with Gasteiger partial charge in [0.15, 0.2) is 0 Å². The minimum Gasteiger partial charge on any atom is -0.375 e. The van der Waals surface area contributed by atoms with Gasteiger partial charge in [-0.25, -0.2) is 0 Å². The molecule has 0 aliphatic carbocycles. The van der Waals surface area contributed by atoms with Crippen molar-refractivity contribution in [2.45, 2.75) is 19.1 Å². The Morgan fingerprint density at radius 1 is 1.47 bits per heavy atom. The Labute approximate surface area is 112 Å². The van der Waals surface area contributed by atoms with Gasteiger partial charge in [-0.3, -0.25) is 0 Å². The van der Waals surface area contributed by atoms with E-state index < -0.39 is 0 Å². The van der Waals surface area contributed by atoms with E-state index in [1.807, 2.05) is 23.9 Å². The fourth-order valence-electron chi connectivity index (χ4n) is 2.05. The Morgan fingerprint density at radius 3 is 2.82 bits per heavy atom. The molecule has 2 atom stereocenters. The summed E-state index contributed by atoms with van der Waals surface area (Å²) in [6, 6.07) is 8.32. The number of benzene rings is 1. The average Bonchev–Trinajstić information content (AvgIpc) is 2.38. The highest BCUT2D eigenvalue weighted by molar-refractivity contribution is 7.99. The van der Waals surface area contributed by atoms with Gasteiger partial charge in [-0.15, -0.1) is 0 Å². The third kappa shape index (κ3) is 3.62. The summed E-state index contributed by atoms with van der Waals surface area (Å²) in [5.74, 6) is 2.16. The van der Waals surface area contributed by atoms with E-state index in [1.165, 1.54) is 5.56 Å². The van der Waals surface area contributed by atoms with E-state index >= 15 is 0 Å². The molecule has 1 heterocycles. The quantitative estimate of drug-likeness (QED) is 0.909. The van der Waals surface area contributed by atoms with Crippen molar-refractivity contribution in [3.63, 3.8) is 0 Å². The lowest BCUT2D eigenvalue weighted by Crippen LogP contribution is -2.38. The summed E-state index contributed by atoms with van der Waals surface area (Å²) in [6.45, 7) is 3.92. The molecule has 1 saturated heterocycles. The van der Waals surface area contributed by atoms with Crippen LogP contribution in [0.2, 0.25) is 5.02 Å². The van der Waals surface area contributed by atoms with Gasteiger partial charge < -0.3 is 10.1 Å². The van der Waals surface area contributed by atoms with E-state index in [-0.39, 0.29) is 12.1 Å². The SMILES string of the molecule is CCNC(c1ccc(Cl)cc1)C1CSCCO1. The maximum atomic E-state index is 5.92. The molecule has 94 valence electrons. The van der Waals surface area contributed by atoms with Crippen molar-refractivity contribution in [3.05, 3.63) is 34.9 Å². The number of halogens is 1. The van der Waals surface area contributed by atoms with E-state index in [1.54, 1.807) is 0 Å². The average molecular weight is 272 g/mol. The predicted octanol–water partition coefficient (Wildman–Crippen LogP) is 3.12. The van der Waals surface area contributed by atoms with Gasteiger partial charge in [0.05, 0.1) is 18.8 Å². The van der Waals surface area contributed by atoms with Crippen molar-refractivity contribution in [1.82, 2.24) is 5.32 Å². The van der Waals surface area contributed by atoms with E-state index in [0.717, 1.165) is 29.7 Å². The number of nitrogens with one attached hydrogen (secondary N) is 1. The van der Waals surface area contributed by atoms with Crippen LogP contribution in [0.3, 0.4) is 0 Å². The van der Waals surface area contributed by atoms with Crippen molar-refractivity contribution >= 4 is 23.4 Å². The first kappa shape index (κ1) is 13.2. The number of thioether (sulfide) groups is 1. The van der Waals surface area contributed by atoms with Crippen molar-refractivity contribution in [2.24, 2.45) is 0 Å². The Hall–Kier alpha value is -0.220. The Balaban J connectivity index is 2.12. The van der Waals surface area contributed by atoms with Gasteiger partial charge >= 0.3 is 0 Å². The van der Waals surface area contributed by atoms with Crippen LogP contribution in [0.4, 0.5) is 0 Å². The summed E-state index contributed by atoms with van der Waals surface area (Å²) in [7, 11) is 0. The molecule has 0 amide bonds. The van der Waals surface area contributed by atoms with Crippen LogP contribution in [0.5, 0.6) is 0 Å². The third-order valence-corrected chi connectivity index (χ3v) is 4.14. The molecule has 1 aliphatic rings. The van der Waals surface area contributed by atoms with Gasteiger partial charge in [0, 0.05) is 16.5 Å². The van der Waals surface area contributed by atoms with Crippen molar-refractivity contribution in [2.75, 3.05) is 24.7 Å². The van der Waals surface area contributed by atoms with Crippen LogP contribution in [0.25, 0.3) is 0 Å². The molecule has 1 fully saturated rings. The van der Waals surface area contributed by atoms with Gasteiger partial charge in [0.2, 0.25) is 0 Å². The number of hydrogen-bond acceptors (Lipinski definition) is 3. The highest BCUT2D eigenvalue weighted by atomic mass is 35.5. The van der Waals surface area contributed by atoms with Gasteiger partial charge in [-0.05, 0) is 24.2 Å². The molecule has 1 aromatic carbocycles. The smallest absolute Gasteiger partial charge is 0.0860 e. The molecule has 2 rings (SSSR count). The van der Waals surface area contributed by atoms with Crippen LogP contribution in [0.1, 0.15) is 18.5 Å². The lowest BCUT2D eigenvalue weighted by molar-refractivity contribution is 0.0472. The first-order valence-corrected chi connectivity index (χ1v) is 7.52. The van der Waals surface area contributed by atoms with Gasteiger partial charge in [-0.1, -0.05) is 30.7 Å². The van der Waals surface area contributed by atoms with E-state index in [9.17, 15) is 0 Å². The van der Waals surface area contributed by atoms with Crippen LogP contribution in [-0.4, -0.2) is 30.8 Å². The zero-order valence-electron chi connectivity index (χ0n) is 9.99. The lowest BCUT2D eigenvalue weighted by atomic mass is 10.0. The number of likely N-dealkylation sites (N-methyl/N-ethyl adjacent to an activating group) is 1. The second kappa shape index (κ2) is 6.64. The predicted molar refractivity (Wildman–Crippen MR) is 74.9 cm³/mol. The molecule has 0 spiro atoms. The molecule has 17 heavy (non-hydrogen) atoms. The van der Waals surface area contributed by atoms with Crippen molar-refractivity contribution in [3.8, 4) is 0 Å². The molecule has 0 bridgehead atoms. The maximum absolute atomic E-state index is 5.92. The second-order valence-electron chi connectivity index (χ2n) is 4.07. The van der Waals surface area contributed by atoms with Crippen LogP contribution >= 0.6 is 23.4 Å². The standard InChI is InChI=1S/C13H18ClNOS/c1-2-15-13(12-9-17-8-7-16-12)10-3-5-11(14)6-4-10/h3-6,12-13,15H,2,7-9H2,1H3. The van der Waals surface area contributed by atoms with Gasteiger partial charge in [0.25, 0.3) is 0 Å². The molecule has 2 unspecified atom stereocenters. The first-order valence-electron chi connectivity index (χ1n) is 5.99. The van der Waals surface area contributed by atoms with Gasteiger partial charge in [0.1, 0.15) is 0 Å². The maximum Gasteiger partial charge on any atom is 0.0860 e. The first-order chi connectivity index (χ1) is 8.31. The zero-order chi connectivity index (χ0) is 12.1. The van der Waals surface area contributed by atoms with E-state index in [0.29, 0.717) is 0 Å². The van der Waals surface area contributed by atoms with Crippen LogP contribution < -0.4 is 5.32 Å². The molecule has 2 nitrogen and oxygen atoms in total. The number of hydrogen-bond donors (Lipinski definition) is 1. The molecular weight excluding hydrogens is 254 g/mol. The molecule has 0 radical (unpaired) electrons. The van der Waals surface area contributed by atoms with Crippen molar-refractivity contribution < 1.29 is 4.74 Å². The summed E-state index contributed by atoms with van der Waals surface area (Å²) in [5.41, 5.74) is 1.25. The topological polar surface area (TPSA) is 21.3 Å². The van der Waals surface area contributed by atoms with Crippen LogP contribution in [0, 0.1) is 0 Å². The monoisotopic (exact) mass is 271 g/mol. The Kier molecular flexibility index (Phi) is 5.16. The minimum absolute atomic E-state index is 0.259. The second-order valence-corrected chi connectivity index (χ2v) is 5.66. The molecule has 1 aliphatic heterocycles. The number of rotatable bonds is 4. The number of ether oxygens (including phenoxy) is 1. The zero-order valence-corrected chi connectivity index (χ0v) is 11.6. The molecular formula is C13H18ClNOS. The van der Waals surface area contributed by atoms with E-state index in [2.05, 4.69) is 24.4 Å². The van der Waals surface area contributed by atoms with Crippen molar-refractivity contribution in [1.29, 1.82) is 0 Å². The normalized spacial score (nSPS) is 22.4. The molecule has 0 aromatic heterocycles. The fourth-order valence-corrected chi connectivity index (χ4v) is 3.08. The Morgan fingerprint density at radius 2 is 2.24 bits per heavy atom. The van der Waals surface area contributed by atoms with Crippen LogP contribution in [-0.2, 0) is 4.74 Å². The summed E-state index contributed by atoms with van der Waals surface area (Å²) in [4.78, 5) is 0. The third-order valence-electron chi connectivity index (χ3n) is 2.87. The van der Waals surface area contributed by atoms with E-state index in [4.69, 9.17) is 16.3 Å². The summed E-state index contributed by atoms with van der Waals surface area (Å²) in [5, 5.41) is 4.29.